The van der Waals surface area contributed by atoms with Gasteiger partial charge in [0, 0.05) is 18.0 Å². The molecule has 2 rings (SSSR count). The number of ether oxygens (including phenoxy) is 1. The molecule has 0 radical (unpaired) electrons. The Morgan fingerprint density at radius 3 is 3.00 bits per heavy atom. The van der Waals surface area contributed by atoms with Gasteiger partial charge in [0.05, 0.1) is 17.6 Å². The molecular weight excluding hydrogens is 234 g/mol. The van der Waals surface area contributed by atoms with E-state index in [2.05, 4.69) is 19.9 Å². The van der Waals surface area contributed by atoms with Gasteiger partial charge in [-0.05, 0) is 25.0 Å². The van der Waals surface area contributed by atoms with Crippen LogP contribution < -0.4 is 0 Å². The number of rotatable bonds is 3. The zero-order chi connectivity index (χ0) is 12.3. The second-order valence-corrected chi connectivity index (χ2v) is 5.44. The van der Waals surface area contributed by atoms with E-state index in [1.54, 1.807) is 11.3 Å². The van der Waals surface area contributed by atoms with Crippen molar-refractivity contribution in [2.45, 2.75) is 32.8 Å². The molecule has 0 spiro atoms. The minimum atomic E-state index is 0.163. The Balaban J connectivity index is 2.03. The molecule has 3 nitrogen and oxygen atoms in total. The average Bonchev–Trinajstić information content (AvgIpc) is 2.86. The molecule has 0 saturated carbocycles. The van der Waals surface area contributed by atoms with Crippen LogP contribution in [0.1, 0.15) is 34.8 Å². The van der Waals surface area contributed by atoms with Crippen molar-refractivity contribution in [1.82, 2.24) is 4.90 Å². The molecule has 0 bridgehead atoms. The lowest BCUT2D eigenvalue weighted by atomic mass is 10.2. The molecule has 0 N–H and O–H groups in total. The highest BCUT2D eigenvalue weighted by Crippen LogP contribution is 2.20. The predicted molar refractivity (Wildman–Crippen MR) is 69.6 cm³/mol. The van der Waals surface area contributed by atoms with Gasteiger partial charge < -0.3 is 9.64 Å². The largest absolute Gasteiger partial charge is 0.375 e. The molecule has 1 aromatic rings. The van der Waals surface area contributed by atoms with Gasteiger partial charge >= 0.3 is 0 Å². The van der Waals surface area contributed by atoms with Crippen molar-refractivity contribution in [3.63, 3.8) is 0 Å². The number of carbonyl (C=O) groups is 1. The van der Waals surface area contributed by atoms with Crippen LogP contribution in [0.15, 0.2) is 12.1 Å². The van der Waals surface area contributed by atoms with Crippen LogP contribution in [0, 0.1) is 0 Å². The van der Waals surface area contributed by atoms with Gasteiger partial charge in [0.1, 0.15) is 0 Å². The fourth-order valence-corrected chi connectivity index (χ4v) is 2.90. The van der Waals surface area contributed by atoms with Gasteiger partial charge in [0.2, 0.25) is 0 Å². The Morgan fingerprint density at radius 1 is 1.53 bits per heavy atom. The van der Waals surface area contributed by atoms with E-state index in [0.717, 1.165) is 24.3 Å². The number of nitrogens with zero attached hydrogens (tertiary/aromatic N) is 1. The second kappa shape index (κ2) is 5.65. The molecule has 1 aliphatic rings. The number of morpholine rings is 1. The molecule has 1 aromatic heterocycles. The molecule has 94 valence electrons. The van der Waals surface area contributed by atoms with Gasteiger partial charge in [-0.15, -0.1) is 11.3 Å². The lowest BCUT2D eigenvalue weighted by molar-refractivity contribution is -0.0224. The third-order valence-electron chi connectivity index (χ3n) is 3.10. The van der Waals surface area contributed by atoms with Crippen LogP contribution in [0.4, 0.5) is 0 Å². The summed E-state index contributed by atoms with van der Waals surface area (Å²) in [5.41, 5.74) is 0. The van der Waals surface area contributed by atoms with Crippen LogP contribution in [-0.4, -0.2) is 36.6 Å². The Kier molecular flexibility index (Phi) is 4.18. The van der Waals surface area contributed by atoms with E-state index in [4.69, 9.17) is 4.74 Å². The molecule has 1 fully saturated rings. The summed E-state index contributed by atoms with van der Waals surface area (Å²) in [5, 5.41) is 0. The van der Waals surface area contributed by atoms with Gasteiger partial charge in [0.15, 0.2) is 0 Å². The van der Waals surface area contributed by atoms with Crippen LogP contribution in [0.2, 0.25) is 0 Å². The Labute approximate surface area is 106 Å². The zero-order valence-corrected chi connectivity index (χ0v) is 11.3. The number of carbonyl (C=O) groups excluding carboxylic acids is 1. The number of amides is 1. The number of aryl methyl sites for hydroxylation is 1. The maximum absolute atomic E-state index is 12.3. The van der Waals surface area contributed by atoms with E-state index in [0.29, 0.717) is 13.2 Å². The highest BCUT2D eigenvalue weighted by Gasteiger charge is 2.24. The maximum atomic E-state index is 12.3. The van der Waals surface area contributed by atoms with Crippen LogP contribution in [-0.2, 0) is 11.2 Å². The van der Waals surface area contributed by atoms with Crippen LogP contribution >= 0.6 is 11.3 Å². The van der Waals surface area contributed by atoms with Crippen molar-refractivity contribution in [2.75, 3.05) is 19.7 Å². The van der Waals surface area contributed by atoms with Crippen molar-refractivity contribution in [3.8, 4) is 0 Å². The summed E-state index contributed by atoms with van der Waals surface area (Å²) in [6, 6.07) is 4.00. The van der Waals surface area contributed by atoms with Crippen LogP contribution in [0.25, 0.3) is 0 Å². The van der Waals surface area contributed by atoms with Gasteiger partial charge in [-0.25, -0.2) is 0 Å². The summed E-state index contributed by atoms with van der Waals surface area (Å²) >= 11 is 1.61. The van der Waals surface area contributed by atoms with Crippen molar-refractivity contribution < 1.29 is 9.53 Å². The minimum absolute atomic E-state index is 0.163. The van der Waals surface area contributed by atoms with Crippen molar-refractivity contribution >= 4 is 17.2 Å². The molecule has 1 amide bonds. The van der Waals surface area contributed by atoms with Crippen LogP contribution in [0.3, 0.4) is 0 Å². The monoisotopic (exact) mass is 253 g/mol. The third-order valence-corrected chi connectivity index (χ3v) is 4.32. The summed E-state index contributed by atoms with van der Waals surface area (Å²) in [7, 11) is 0. The fourth-order valence-electron chi connectivity index (χ4n) is 1.99. The standard InChI is InChI=1S/C13H19NO2S/c1-3-10-9-14(7-8-16-10)13(15)12-6-5-11(4-2)17-12/h5-6,10H,3-4,7-9H2,1-2H3/t10-/m0/s1. The Bertz CT molecular complexity index is 389. The molecule has 17 heavy (non-hydrogen) atoms. The van der Waals surface area contributed by atoms with Crippen LogP contribution in [0.5, 0.6) is 0 Å². The number of thiophene rings is 1. The first-order valence-corrected chi connectivity index (χ1v) is 7.05. The molecule has 0 unspecified atom stereocenters. The Hall–Kier alpha value is -0.870. The average molecular weight is 253 g/mol. The lowest BCUT2D eigenvalue weighted by Crippen LogP contribution is -2.45. The molecule has 4 heteroatoms. The van der Waals surface area contributed by atoms with E-state index in [9.17, 15) is 4.79 Å². The van der Waals surface area contributed by atoms with E-state index >= 15 is 0 Å². The van der Waals surface area contributed by atoms with Gasteiger partial charge in [-0.1, -0.05) is 13.8 Å². The lowest BCUT2D eigenvalue weighted by Gasteiger charge is -2.32. The molecule has 1 atom stereocenters. The normalized spacial score (nSPS) is 20.6. The summed E-state index contributed by atoms with van der Waals surface area (Å²) in [6.07, 6.45) is 2.17. The smallest absolute Gasteiger partial charge is 0.264 e. The van der Waals surface area contributed by atoms with Crippen molar-refractivity contribution in [3.05, 3.63) is 21.9 Å². The first-order chi connectivity index (χ1) is 8.24. The molecule has 0 aromatic carbocycles. The van der Waals surface area contributed by atoms with E-state index in [-0.39, 0.29) is 12.0 Å². The van der Waals surface area contributed by atoms with E-state index < -0.39 is 0 Å². The van der Waals surface area contributed by atoms with Gasteiger partial charge in [0.25, 0.3) is 5.91 Å². The second-order valence-electron chi connectivity index (χ2n) is 4.27. The van der Waals surface area contributed by atoms with Gasteiger partial charge in [-0.3, -0.25) is 4.79 Å². The SMILES string of the molecule is CCc1ccc(C(=O)N2CCO[C@@H](CC)C2)s1. The zero-order valence-electron chi connectivity index (χ0n) is 10.4. The summed E-state index contributed by atoms with van der Waals surface area (Å²) in [6.45, 7) is 6.32. The first-order valence-electron chi connectivity index (χ1n) is 6.24. The summed E-state index contributed by atoms with van der Waals surface area (Å²) in [4.78, 5) is 16.3. The fraction of sp³-hybridized carbons (Fsp3) is 0.615. The Morgan fingerprint density at radius 2 is 2.35 bits per heavy atom. The summed E-state index contributed by atoms with van der Waals surface area (Å²) < 4.78 is 5.58. The number of hydrogen-bond donors (Lipinski definition) is 0. The van der Waals surface area contributed by atoms with Crippen molar-refractivity contribution in [2.24, 2.45) is 0 Å². The minimum Gasteiger partial charge on any atom is -0.375 e. The number of hydrogen-bond acceptors (Lipinski definition) is 3. The third kappa shape index (κ3) is 2.87. The maximum Gasteiger partial charge on any atom is 0.264 e. The van der Waals surface area contributed by atoms with E-state index in [1.807, 2.05) is 11.0 Å². The molecule has 0 aliphatic carbocycles. The quantitative estimate of drug-likeness (QED) is 0.828. The first kappa shape index (κ1) is 12.6. The topological polar surface area (TPSA) is 29.5 Å². The molecule has 2 heterocycles. The highest BCUT2D eigenvalue weighted by atomic mass is 32.1. The molecule has 1 saturated heterocycles. The predicted octanol–water partition coefficient (Wildman–Crippen LogP) is 2.56. The van der Waals surface area contributed by atoms with Crippen molar-refractivity contribution in [1.29, 1.82) is 0 Å². The highest BCUT2D eigenvalue weighted by molar-refractivity contribution is 7.14. The van der Waals surface area contributed by atoms with E-state index in [1.165, 1.54) is 4.88 Å². The van der Waals surface area contributed by atoms with Gasteiger partial charge in [-0.2, -0.15) is 0 Å². The summed E-state index contributed by atoms with van der Waals surface area (Å²) in [5.74, 6) is 0.163. The molecule has 1 aliphatic heterocycles. The molecular formula is C13H19NO2S.